The fourth-order valence-corrected chi connectivity index (χ4v) is 2.23. The van der Waals surface area contributed by atoms with Crippen LogP contribution >= 0.6 is 15.9 Å². The van der Waals surface area contributed by atoms with Crippen molar-refractivity contribution in [1.82, 2.24) is 0 Å². The molecule has 110 valence electrons. The van der Waals surface area contributed by atoms with E-state index in [0.717, 1.165) is 22.2 Å². The van der Waals surface area contributed by atoms with Gasteiger partial charge in [0.25, 0.3) is 0 Å². The summed E-state index contributed by atoms with van der Waals surface area (Å²) in [5, 5.41) is 2.57. The van der Waals surface area contributed by atoms with Crippen molar-refractivity contribution >= 4 is 27.5 Å². The second-order valence-electron chi connectivity index (χ2n) is 4.43. The third kappa shape index (κ3) is 4.60. The lowest BCUT2D eigenvalue weighted by Gasteiger charge is -2.09. The smallest absolute Gasteiger partial charge is 0.326 e. The Morgan fingerprint density at radius 3 is 2.33 bits per heavy atom. The molecule has 0 bridgehead atoms. The summed E-state index contributed by atoms with van der Waals surface area (Å²) in [7, 11) is 0. The van der Waals surface area contributed by atoms with E-state index < -0.39 is 11.7 Å². The number of alkyl halides is 3. The SMILES string of the molecule is O=C(Cc1cccc(Br)c1)Nc1ccc(C(F)(F)F)cc1. The van der Waals surface area contributed by atoms with Crippen molar-refractivity contribution in [2.24, 2.45) is 0 Å². The van der Waals surface area contributed by atoms with E-state index in [1.165, 1.54) is 12.1 Å². The van der Waals surface area contributed by atoms with E-state index in [1.54, 1.807) is 6.07 Å². The van der Waals surface area contributed by atoms with Crippen molar-refractivity contribution < 1.29 is 18.0 Å². The molecule has 0 heterocycles. The lowest BCUT2D eigenvalue weighted by Crippen LogP contribution is -2.14. The molecule has 0 atom stereocenters. The number of hydrogen-bond acceptors (Lipinski definition) is 1. The second-order valence-corrected chi connectivity index (χ2v) is 5.35. The molecular weight excluding hydrogens is 347 g/mol. The number of halogens is 4. The average molecular weight is 358 g/mol. The standard InChI is InChI=1S/C15H11BrF3NO/c16-12-3-1-2-10(8-12)9-14(21)20-13-6-4-11(5-7-13)15(17,18)19/h1-8H,9H2,(H,20,21). The molecular formula is C15H11BrF3NO. The first-order valence-electron chi connectivity index (χ1n) is 6.06. The van der Waals surface area contributed by atoms with Gasteiger partial charge in [-0.1, -0.05) is 28.1 Å². The summed E-state index contributed by atoms with van der Waals surface area (Å²) >= 11 is 3.31. The number of nitrogens with one attached hydrogen (secondary N) is 1. The summed E-state index contributed by atoms with van der Waals surface area (Å²) in [6.45, 7) is 0. The molecule has 0 spiro atoms. The van der Waals surface area contributed by atoms with Gasteiger partial charge in [-0.25, -0.2) is 0 Å². The molecule has 2 nitrogen and oxygen atoms in total. The lowest BCUT2D eigenvalue weighted by molar-refractivity contribution is -0.137. The van der Waals surface area contributed by atoms with Gasteiger partial charge in [-0.2, -0.15) is 13.2 Å². The van der Waals surface area contributed by atoms with Crippen LogP contribution < -0.4 is 5.32 Å². The second kappa shape index (κ2) is 6.30. The predicted octanol–water partition coefficient (Wildman–Crippen LogP) is 4.65. The highest BCUT2D eigenvalue weighted by atomic mass is 79.9. The van der Waals surface area contributed by atoms with E-state index in [1.807, 2.05) is 18.2 Å². The van der Waals surface area contributed by atoms with Gasteiger partial charge in [-0.05, 0) is 42.0 Å². The van der Waals surface area contributed by atoms with Gasteiger partial charge in [0.05, 0.1) is 12.0 Å². The van der Waals surface area contributed by atoms with Gasteiger partial charge in [-0.3, -0.25) is 4.79 Å². The first kappa shape index (κ1) is 15.6. The third-order valence-electron chi connectivity index (χ3n) is 2.75. The minimum Gasteiger partial charge on any atom is -0.326 e. The molecule has 0 saturated heterocycles. The molecule has 6 heteroatoms. The van der Waals surface area contributed by atoms with Crippen molar-refractivity contribution in [2.75, 3.05) is 5.32 Å². The van der Waals surface area contributed by atoms with Gasteiger partial charge in [0.1, 0.15) is 0 Å². The number of carbonyl (C=O) groups is 1. The van der Waals surface area contributed by atoms with E-state index in [9.17, 15) is 18.0 Å². The van der Waals surface area contributed by atoms with Crippen LogP contribution in [0.3, 0.4) is 0 Å². The van der Waals surface area contributed by atoms with Crippen LogP contribution in [0.1, 0.15) is 11.1 Å². The van der Waals surface area contributed by atoms with Crippen molar-refractivity contribution in [3.8, 4) is 0 Å². The molecule has 0 aromatic heterocycles. The Morgan fingerprint density at radius 1 is 1.10 bits per heavy atom. The van der Waals surface area contributed by atoms with E-state index in [0.29, 0.717) is 5.69 Å². The summed E-state index contributed by atoms with van der Waals surface area (Å²) in [5.74, 6) is -0.284. The fraction of sp³-hybridized carbons (Fsp3) is 0.133. The van der Waals surface area contributed by atoms with Crippen molar-refractivity contribution in [3.63, 3.8) is 0 Å². The maximum atomic E-state index is 12.4. The zero-order valence-electron chi connectivity index (χ0n) is 10.7. The Hall–Kier alpha value is -1.82. The molecule has 2 rings (SSSR count). The van der Waals surface area contributed by atoms with Crippen LogP contribution in [0.4, 0.5) is 18.9 Å². The number of anilines is 1. The fourth-order valence-electron chi connectivity index (χ4n) is 1.78. The quantitative estimate of drug-likeness (QED) is 0.850. The molecule has 0 aliphatic heterocycles. The molecule has 0 radical (unpaired) electrons. The van der Waals surface area contributed by atoms with Gasteiger partial charge < -0.3 is 5.32 Å². The van der Waals surface area contributed by atoms with E-state index in [2.05, 4.69) is 21.2 Å². The molecule has 21 heavy (non-hydrogen) atoms. The number of rotatable bonds is 3. The first-order chi connectivity index (χ1) is 9.84. The highest BCUT2D eigenvalue weighted by molar-refractivity contribution is 9.10. The monoisotopic (exact) mass is 357 g/mol. The van der Waals surface area contributed by atoms with Crippen molar-refractivity contribution in [3.05, 3.63) is 64.1 Å². The Kier molecular flexibility index (Phi) is 4.67. The first-order valence-corrected chi connectivity index (χ1v) is 6.85. The van der Waals surface area contributed by atoms with Gasteiger partial charge in [0.2, 0.25) is 5.91 Å². The molecule has 0 aliphatic carbocycles. The van der Waals surface area contributed by atoms with E-state index in [4.69, 9.17) is 0 Å². The largest absolute Gasteiger partial charge is 0.416 e. The van der Waals surface area contributed by atoms with Gasteiger partial charge in [0, 0.05) is 10.2 Å². The molecule has 1 N–H and O–H groups in total. The summed E-state index contributed by atoms with van der Waals surface area (Å²) in [6.07, 6.45) is -4.22. The average Bonchev–Trinajstić information content (AvgIpc) is 2.38. The van der Waals surface area contributed by atoms with Crippen LogP contribution in [0.2, 0.25) is 0 Å². The maximum Gasteiger partial charge on any atom is 0.416 e. The van der Waals surface area contributed by atoms with E-state index >= 15 is 0 Å². The Morgan fingerprint density at radius 2 is 1.76 bits per heavy atom. The summed E-state index contributed by atoms with van der Waals surface area (Å²) < 4.78 is 38.1. The molecule has 0 saturated carbocycles. The van der Waals surface area contributed by atoms with Crippen molar-refractivity contribution in [2.45, 2.75) is 12.6 Å². The zero-order valence-corrected chi connectivity index (χ0v) is 12.3. The molecule has 0 fully saturated rings. The van der Waals surface area contributed by atoms with Crippen LogP contribution in [-0.2, 0) is 17.4 Å². The van der Waals surface area contributed by atoms with Crippen LogP contribution in [-0.4, -0.2) is 5.91 Å². The van der Waals surface area contributed by atoms with Crippen LogP contribution in [0.15, 0.2) is 53.0 Å². The predicted molar refractivity (Wildman–Crippen MR) is 77.9 cm³/mol. The lowest BCUT2D eigenvalue weighted by atomic mass is 10.1. The van der Waals surface area contributed by atoms with Crippen molar-refractivity contribution in [1.29, 1.82) is 0 Å². The van der Waals surface area contributed by atoms with E-state index in [-0.39, 0.29) is 12.3 Å². The van der Waals surface area contributed by atoms with Crippen LogP contribution in [0, 0.1) is 0 Å². The summed E-state index contributed by atoms with van der Waals surface area (Å²) in [6, 6.07) is 11.6. The van der Waals surface area contributed by atoms with Gasteiger partial charge in [-0.15, -0.1) is 0 Å². The molecule has 2 aromatic rings. The van der Waals surface area contributed by atoms with Gasteiger partial charge in [0.15, 0.2) is 0 Å². The molecule has 0 unspecified atom stereocenters. The zero-order chi connectivity index (χ0) is 15.5. The molecule has 0 aliphatic rings. The van der Waals surface area contributed by atoms with Gasteiger partial charge >= 0.3 is 6.18 Å². The number of hydrogen-bond donors (Lipinski definition) is 1. The highest BCUT2D eigenvalue weighted by Crippen LogP contribution is 2.29. The summed E-state index contributed by atoms with van der Waals surface area (Å²) in [4.78, 5) is 11.8. The minimum absolute atomic E-state index is 0.153. The Balaban J connectivity index is 2.00. The topological polar surface area (TPSA) is 29.1 Å². The third-order valence-corrected chi connectivity index (χ3v) is 3.24. The highest BCUT2D eigenvalue weighted by Gasteiger charge is 2.29. The number of benzene rings is 2. The number of amides is 1. The minimum atomic E-state index is -4.38. The maximum absolute atomic E-state index is 12.4. The Labute approximate surface area is 128 Å². The normalized spacial score (nSPS) is 11.2. The molecule has 2 aromatic carbocycles. The number of carbonyl (C=O) groups excluding carboxylic acids is 1. The van der Waals surface area contributed by atoms with Crippen LogP contribution in [0.5, 0.6) is 0 Å². The summed E-state index contributed by atoms with van der Waals surface area (Å²) in [5.41, 5.74) is 0.407. The Bertz CT molecular complexity index is 638. The molecule has 1 amide bonds. The van der Waals surface area contributed by atoms with Crippen LogP contribution in [0.25, 0.3) is 0 Å².